The van der Waals surface area contributed by atoms with Crippen molar-refractivity contribution in [3.8, 4) is 0 Å². The molecule has 29 heavy (non-hydrogen) atoms. The van der Waals surface area contributed by atoms with Crippen LogP contribution >= 0.6 is 0 Å². The summed E-state index contributed by atoms with van der Waals surface area (Å²) in [5, 5.41) is 10.7. The van der Waals surface area contributed by atoms with Crippen molar-refractivity contribution in [1.82, 2.24) is 0 Å². The average Bonchev–Trinajstić information content (AvgIpc) is 3.28. The van der Waals surface area contributed by atoms with Gasteiger partial charge in [0, 0.05) is 50.9 Å². The number of amides is 1. The van der Waals surface area contributed by atoms with E-state index in [4.69, 9.17) is 0 Å². The fourth-order valence-electron chi connectivity index (χ4n) is 4.87. The van der Waals surface area contributed by atoms with Gasteiger partial charge < -0.3 is 10.0 Å². The summed E-state index contributed by atoms with van der Waals surface area (Å²) in [5.41, 5.74) is 3.25. The van der Waals surface area contributed by atoms with E-state index in [2.05, 4.69) is 18.2 Å². The summed E-state index contributed by atoms with van der Waals surface area (Å²) in [6.45, 7) is 0. The summed E-state index contributed by atoms with van der Waals surface area (Å²) >= 11 is 0. The van der Waals surface area contributed by atoms with Crippen LogP contribution in [0.4, 0.5) is 5.69 Å². The molecular weight excluding hydrogens is 435 g/mol. The SMILES string of the molecule is O=C1CCCC(CCc2cc[c-]cc2)N1c1ccc(C(O)C2CCCC2)cc1.[Y]. The minimum Gasteiger partial charge on any atom is -0.388 e. The minimum atomic E-state index is -0.376. The molecule has 1 aliphatic carbocycles. The molecule has 1 N–H and O–H groups in total. The Balaban J connectivity index is 0.00000240. The first-order valence-electron chi connectivity index (χ1n) is 10.8. The van der Waals surface area contributed by atoms with E-state index in [1.165, 1.54) is 18.4 Å². The first-order valence-corrected chi connectivity index (χ1v) is 10.8. The summed E-state index contributed by atoms with van der Waals surface area (Å²) in [5.74, 6) is 0.611. The van der Waals surface area contributed by atoms with Gasteiger partial charge in [-0.2, -0.15) is 35.9 Å². The standard InChI is InChI=1S/C25H30NO2.Y/c27-24-12-6-11-22(16-13-19-7-2-1-3-8-19)26(24)23-17-14-21(15-18-23)25(28)20-9-4-5-10-20;/h2-3,7-8,14-15,17-18,20,22,25,28H,4-6,9-13,16H2;/q-1;. The van der Waals surface area contributed by atoms with Gasteiger partial charge in [0.25, 0.3) is 0 Å². The molecule has 2 fully saturated rings. The summed E-state index contributed by atoms with van der Waals surface area (Å²) < 4.78 is 0. The van der Waals surface area contributed by atoms with Crippen LogP contribution in [0.2, 0.25) is 0 Å². The molecule has 151 valence electrons. The molecule has 3 nitrogen and oxygen atoms in total. The molecule has 2 aromatic carbocycles. The number of aliphatic hydroxyl groups is 1. The largest absolute Gasteiger partial charge is 0.388 e. The van der Waals surface area contributed by atoms with Crippen LogP contribution in [-0.2, 0) is 43.9 Å². The summed E-state index contributed by atoms with van der Waals surface area (Å²) in [4.78, 5) is 14.7. The first-order chi connectivity index (χ1) is 13.7. The van der Waals surface area contributed by atoms with Gasteiger partial charge in [-0.25, -0.2) is 0 Å². The maximum atomic E-state index is 12.7. The number of hydrogen-bond donors (Lipinski definition) is 1. The maximum absolute atomic E-state index is 12.7. The van der Waals surface area contributed by atoms with Crippen molar-refractivity contribution in [2.75, 3.05) is 4.90 Å². The molecule has 1 aliphatic heterocycles. The molecule has 2 aromatic rings. The third-order valence-corrected chi connectivity index (χ3v) is 6.47. The number of hydrogen-bond acceptors (Lipinski definition) is 2. The van der Waals surface area contributed by atoms with Crippen LogP contribution in [0.15, 0.2) is 48.5 Å². The topological polar surface area (TPSA) is 40.5 Å². The normalized spacial score (nSPS) is 21.1. The monoisotopic (exact) mass is 465 g/mol. The molecule has 1 radical (unpaired) electrons. The predicted molar refractivity (Wildman–Crippen MR) is 112 cm³/mol. The van der Waals surface area contributed by atoms with Crippen molar-refractivity contribution >= 4 is 11.6 Å². The number of aryl methyl sites for hydroxylation is 1. The van der Waals surface area contributed by atoms with Crippen molar-refractivity contribution < 1.29 is 42.6 Å². The second-order valence-corrected chi connectivity index (χ2v) is 8.34. The van der Waals surface area contributed by atoms with Crippen molar-refractivity contribution in [3.63, 3.8) is 0 Å². The molecule has 1 heterocycles. The van der Waals surface area contributed by atoms with E-state index in [-0.39, 0.29) is 50.8 Å². The van der Waals surface area contributed by atoms with E-state index in [1.807, 2.05) is 41.3 Å². The third kappa shape index (κ3) is 5.57. The van der Waals surface area contributed by atoms with E-state index in [1.54, 1.807) is 0 Å². The zero-order valence-corrected chi connectivity index (χ0v) is 19.9. The molecule has 4 heteroatoms. The Morgan fingerprint density at radius 2 is 1.69 bits per heavy atom. The second-order valence-electron chi connectivity index (χ2n) is 8.34. The molecule has 4 rings (SSSR count). The number of nitrogens with zero attached hydrogens (tertiary/aromatic N) is 1. The second kappa shape index (κ2) is 10.8. The van der Waals surface area contributed by atoms with Gasteiger partial charge in [-0.1, -0.05) is 25.0 Å². The Labute approximate surface area is 199 Å². The van der Waals surface area contributed by atoms with E-state index in [0.29, 0.717) is 12.3 Å². The Kier molecular flexibility index (Phi) is 8.47. The molecule has 2 atom stereocenters. The molecule has 1 saturated heterocycles. The van der Waals surface area contributed by atoms with E-state index in [0.717, 1.165) is 49.8 Å². The van der Waals surface area contributed by atoms with Crippen molar-refractivity contribution in [3.05, 3.63) is 65.7 Å². The van der Waals surface area contributed by atoms with Crippen molar-refractivity contribution in [2.24, 2.45) is 5.92 Å². The Bertz CT molecular complexity index is 771. The Morgan fingerprint density at radius 3 is 2.38 bits per heavy atom. The minimum absolute atomic E-state index is 0. The van der Waals surface area contributed by atoms with Gasteiger partial charge in [-0.05, 0) is 62.1 Å². The zero-order chi connectivity index (χ0) is 19.3. The van der Waals surface area contributed by atoms with Crippen molar-refractivity contribution in [1.29, 1.82) is 0 Å². The van der Waals surface area contributed by atoms with Crippen LogP contribution in [0.5, 0.6) is 0 Å². The van der Waals surface area contributed by atoms with Gasteiger partial charge in [0.2, 0.25) is 5.91 Å². The quantitative estimate of drug-likeness (QED) is 0.594. The van der Waals surface area contributed by atoms with Crippen LogP contribution in [0.1, 0.15) is 68.6 Å². The smallest absolute Gasteiger partial charge is 0.227 e. The van der Waals surface area contributed by atoms with Gasteiger partial charge >= 0.3 is 0 Å². The molecule has 2 aliphatic rings. The average molecular weight is 465 g/mol. The van der Waals surface area contributed by atoms with Crippen LogP contribution in [0.25, 0.3) is 0 Å². The molecular formula is C25H30NO2Y-. The van der Waals surface area contributed by atoms with Gasteiger partial charge in [0.1, 0.15) is 0 Å². The van der Waals surface area contributed by atoms with Crippen molar-refractivity contribution in [2.45, 2.75) is 69.9 Å². The Hall–Kier alpha value is -1.03. The molecule has 1 amide bonds. The summed E-state index contributed by atoms with van der Waals surface area (Å²) in [6, 6.07) is 19.5. The molecule has 2 unspecified atom stereocenters. The Morgan fingerprint density at radius 1 is 1.00 bits per heavy atom. The van der Waals surface area contributed by atoms with Crippen LogP contribution in [-0.4, -0.2) is 17.1 Å². The predicted octanol–water partition coefficient (Wildman–Crippen LogP) is 5.23. The van der Waals surface area contributed by atoms with E-state index < -0.39 is 0 Å². The third-order valence-electron chi connectivity index (χ3n) is 6.47. The number of benzene rings is 2. The van der Waals surface area contributed by atoms with Crippen LogP contribution < -0.4 is 4.90 Å². The van der Waals surface area contributed by atoms with Gasteiger partial charge in [-0.15, -0.1) is 0 Å². The van der Waals surface area contributed by atoms with E-state index >= 15 is 0 Å². The first kappa shape index (κ1) is 22.7. The molecule has 0 bridgehead atoms. The molecule has 1 saturated carbocycles. The number of aliphatic hydroxyl groups excluding tert-OH is 1. The maximum Gasteiger partial charge on any atom is 0.227 e. The molecule has 0 aromatic heterocycles. The van der Waals surface area contributed by atoms with Gasteiger partial charge in [-0.3, -0.25) is 4.79 Å². The van der Waals surface area contributed by atoms with Crippen LogP contribution in [0, 0.1) is 12.0 Å². The summed E-state index contributed by atoms with van der Waals surface area (Å²) in [6.07, 6.45) is 8.91. The van der Waals surface area contributed by atoms with Crippen LogP contribution in [0.3, 0.4) is 0 Å². The fourth-order valence-corrected chi connectivity index (χ4v) is 4.87. The number of carbonyl (C=O) groups is 1. The van der Waals surface area contributed by atoms with Gasteiger partial charge in [0.15, 0.2) is 0 Å². The fraction of sp³-hybridized carbons (Fsp3) is 0.480. The number of rotatable bonds is 6. The zero-order valence-electron chi connectivity index (χ0n) is 17.1. The summed E-state index contributed by atoms with van der Waals surface area (Å²) in [7, 11) is 0. The molecule has 0 spiro atoms. The van der Waals surface area contributed by atoms with Gasteiger partial charge in [0.05, 0.1) is 6.10 Å². The number of piperidine rings is 1. The number of anilines is 1. The number of carbonyl (C=O) groups excluding carboxylic acids is 1. The van der Waals surface area contributed by atoms with E-state index in [9.17, 15) is 9.90 Å².